The third kappa shape index (κ3) is 1.58. The summed E-state index contributed by atoms with van der Waals surface area (Å²) in [6.45, 7) is 0. The molecule has 0 bridgehead atoms. The lowest BCUT2D eigenvalue weighted by atomic mass is 10.1. The van der Waals surface area contributed by atoms with Crippen LogP contribution in [0.3, 0.4) is 0 Å². The predicted molar refractivity (Wildman–Crippen MR) is 38.4 cm³/mol. The van der Waals surface area contributed by atoms with E-state index in [1.807, 2.05) is 0 Å². The largest absolute Gasteiger partial charge is 0.478 e. The van der Waals surface area contributed by atoms with Crippen molar-refractivity contribution in [3.63, 3.8) is 0 Å². The predicted octanol–water partition coefficient (Wildman–Crippen LogP) is -0.237. The fourth-order valence-electron chi connectivity index (χ4n) is 0.807. The van der Waals surface area contributed by atoms with E-state index in [1.54, 1.807) is 0 Å². The number of aromatic carboxylic acids is 1. The van der Waals surface area contributed by atoms with Crippen LogP contribution >= 0.6 is 0 Å². The summed E-state index contributed by atoms with van der Waals surface area (Å²) in [4.78, 5) is 14.0. The number of carboxylic acids is 1. The summed E-state index contributed by atoms with van der Waals surface area (Å²) in [5.74, 6) is -1.21. The summed E-state index contributed by atoms with van der Waals surface area (Å²) in [5.41, 5.74) is -0.259. The number of aromatic nitrogens is 1. The molecule has 0 fully saturated rings. The van der Waals surface area contributed by atoms with Crippen LogP contribution in [-0.2, 0) is 0 Å². The van der Waals surface area contributed by atoms with E-state index in [1.165, 1.54) is 12.3 Å². The summed E-state index contributed by atoms with van der Waals surface area (Å²) in [5, 5.41) is 26.0. The van der Waals surface area contributed by atoms with E-state index in [-0.39, 0.29) is 11.1 Å². The van der Waals surface area contributed by atoms with Gasteiger partial charge in [0.25, 0.3) is 0 Å². The Bertz CT molecular complexity index is 297. The van der Waals surface area contributed by atoms with Crippen molar-refractivity contribution in [1.82, 2.24) is 4.98 Å². The highest BCUT2D eigenvalue weighted by Crippen LogP contribution is 2.13. The van der Waals surface area contributed by atoms with Gasteiger partial charge >= 0.3 is 5.97 Å². The molecule has 0 spiro atoms. The molecule has 5 nitrogen and oxygen atoms in total. The SMILES string of the molecule is O=C(O)c1ccncc1C(O)O. The molecule has 64 valence electrons. The number of hydrogen-bond donors (Lipinski definition) is 3. The van der Waals surface area contributed by atoms with Gasteiger partial charge in [-0.05, 0) is 6.07 Å². The molecular weight excluding hydrogens is 162 g/mol. The van der Waals surface area contributed by atoms with E-state index in [2.05, 4.69) is 4.98 Å². The van der Waals surface area contributed by atoms with E-state index >= 15 is 0 Å². The lowest BCUT2D eigenvalue weighted by Gasteiger charge is -2.05. The van der Waals surface area contributed by atoms with Gasteiger partial charge in [0.1, 0.15) is 0 Å². The number of pyridine rings is 1. The topological polar surface area (TPSA) is 90.7 Å². The van der Waals surface area contributed by atoms with Crippen LogP contribution in [0, 0.1) is 0 Å². The van der Waals surface area contributed by atoms with Gasteiger partial charge in [-0.25, -0.2) is 4.79 Å². The second-order valence-corrected chi connectivity index (χ2v) is 2.14. The van der Waals surface area contributed by atoms with Crippen molar-refractivity contribution in [1.29, 1.82) is 0 Å². The van der Waals surface area contributed by atoms with Crippen LogP contribution in [0.1, 0.15) is 22.2 Å². The quantitative estimate of drug-likeness (QED) is 0.531. The van der Waals surface area contributed by atoms with Crippen molar-refractivity contribution in [3.05, 3.63) is 29.6 Å². The molecule has 0 atom stereocenters. The lowest BCUT2D eigenvalue weighted by Crippen LogP contribution is -2.06. The average molecular weight is 169 g/mol. The van der Waals surface area contributed by atoms with Crippen molar-refractivity contribution in [2.24, 2.45) is 0 Å². The Morgan fingerprint density at radius 1 is 1.50 bits per heavy atom. The van der Waals surface area contributed by atoms with Crippen LogP contribution in [-0.4, -0.2) is 26.3 Å². The van der Waals surface area contributed by atoms with E-state index in [0.717, 1.165) is 6.20 Å². The molecule has 0 amide bonds. The number of carbonyl (C=O) groups is 1. The van der Waals surface area contributed by atoms with Crippen LogP contribution in [0.15, 0.2) is 18.5 Å². The first-order valence-corrected chi connectivity index (χ1v) is 3.16. The van der Waals surface area contributed by atoms with Gasteiger partial charge in [0.05, 0.1) is 5.56 Å². The third-order valence-corrected chi connectivity index (χ3v) is 1.36. The molecule has 0 saturated carbocycles. The molecule has 3 N–H and O–H groups in total. The standard InChI is InChI=1S/C7H7NO4/c9-6(10)4-1-2-8-3-5(4)7(11)12/h1-3,7,11-12H,(H,9,10). The first kappa shape index (κ1) is 8.63. The molecule has 12 heavy (non-hydrogen) atoms. The normalized spacial score (nSPS) is 10.2. The third-order valence-electron chi connectivity index (χ3n) is 1.36. The van der Waals surface area contributed by atoms with Gasteiger partial charge in [-0.3, -0.25) is 4.98 Å². The Balaban J connectivity index is 3.17. The maximum Gasteiger partial charge on any atom is 0.336 e. The number of aliphatic hydroxyl groups is 2. The minimum atomic E-state index is -1.80. The zero-order valence-corrected chi connectivity index (χ0v) is 6.01. The molecule has 1 rings (SSSR count). The van der Waals surface area contributed by atoms with Crippen molar-refractivity contribution in [3.8, 4) is 0 Å². The average Bonchev–Trinajstić information content (AvgIpc) is 2.04. The summed E-state index contributed by atoms with van der Waals surface area (Å²) in [6, 6.07) is 1.21. The second kappa shape index (κ2) is 3.29. The van der Waals surface area contributed by atoms with Gasteiger partial charge in [-0.1, -0.05) is 0 Å². The van der Waals surface area contributed by atoms with Crippen LogP contribution in [0.25, 0.3) is 0 Å². The monoisotopic (exact) mass is 169 g/mol. The summed E-state index contributed by atoms with van der Waals surface area (Å²) < 4.78 is 0. The Morgan fingerprint density at radius 2 is 2.17 bits per heavy atom. The number of carboxylic acid groups (broad SMARTS) is 1. The molecule has 0 aromatic carbocycles. The van der Waals surface area contributed by atoms with E-state index in [9.17, 15) is 4.79 Å². The number of hydrogen-bond acceptors (Lipinski definition) is 4. The fraction of sp³-hybridized carbons (Fsp3) is 0.143. The van der Waals surface area contributed by atoms with Crippen LogP contribution < -0.4 is 0 Å². The first-order chi connectivity index (χ1) is 5.63. The van der Waals surface area contributed by atoms with Gasteiger partial charge in [-0.2, -0.15) is 0 Å². The van der Waals surface area contributed by atoms with E-state index < -0.39 is 12.3 Å². The van der Waals surface area contributed by atoms with Crippen molar-refractivity contribution >= 4 is 5.97 Å². The van der Waals surface area contributed by atoms with E-state index in [4.69, 9.17) is 15.3 Å². The van der Waals surface area contributed by atoms with Crippen LogP contribution in [0.4, 0.5) is 0 Å². The van der Waals surface area contributed by atoms with Gasteiger partial charge in [0.15, 0.2) is 6.29 Å². The Labute approximate surface area is 67.9 Å². The zero-order valence-electron chi connectivity index (χ0n) is 6.01. The molecule has 0 unspecified atom stereocenters. The smallest absolute Gasteiger partial charge is 0.336 e. The summed E-state index contributed by atoms with van der Waals surface area (Å²) >= 11 is 0. The Hall–Kier alpha value is -1.46. The maximum atomic E-state index is 10.5. The first-order valence-electron chi connectivity index (χ1n) is 3.16. The van der Waals surface area contributed by atoms with Crippen LogP contribution in [0.2, 0.25) is 0 Å². The van der Waals surface area contributed by atoms with E-state index in [0.29, 0.717) is 0 Å². The lowest BCUT2D eigenvalue weighted by molar-refractivity contribution is -0.0435. The minimum absolute atomic E-state index is 0.106. The minimum Gasteiger partial charge on any atom is -0.478 e. The molecule has 0 aliphatic heterocycles. The van der Waals surface area contributed by atoms with Gasteiger partial charge < -0.3 is 15.3 Å². The van der Waals surface area contributed by atoms with Crippen molar-refractivity contribution < 1.29 is 20.1 Å². The Morgan fingerprint density at radius 3 is 2.58 bits per heavy atom. The van der Waals surface area contributed by atoms with Gasteiger partial charge in [-0.15, -0.1) is 0 Å². The molecule has 1 aromatic rings. The van der Waals surface area contributed by atoms with Crippen molar-refractivity contribution in [2.45, 2.75) is 6.29 Å². The number of rotatable bonds is 2. The van der Waals surface area contributed by atoms with Gasteiger partial charge in [0.2, 0.25) is 0 Å². The molecule has 1 heterocycles. The second-order valence-electron chi connectivity index (χ2n) is 2.14. The van der Waals surface area contributed by atoms with Crippen molar-refractivity contribution in [2.75, 3.05) is 0 Å². The summed E-state index contributed by atoms with van der Waals surface area (Å²) in [6.07, 6.45) is 0.577. The van der Waals surface area contributed by atoms with Gasteiger partial charge in [0, 0.05) is 18.0 Å². The highest BCUT2D eigenvalue weighted by Gasteiger charge is 2.13. The fourth-order valence-corrected chi connectivity index (χ4v) is 0.807. The highest BCUT2D eigenvalue weighted by atomic mass is 16.5. The molecular formula is C7H7NO4. The molecule has 0 aliphatic rings. The molecule has 5 heteroatoms. The number of aliphatic hydroxyl groups excluding tert-OH is 1. The number of nitrogens with zero attached hydrogens (tertiary/aromatic N) is 1. The molecule has 0 radical (unpaired) electrons. The Kier molecular flexibility index (Phi) is 2.37. The zero-order chi connectivity index (χ0) is 9.14. The highest BCUT2D eigenvalue weighted by molar-refractivity contribution is 5.89. The van der Waals surface area contributed by atoms with Crippen LogP contribution in [0.5, 0.6) is 0 Å². The maximum absolute atomic E-state index is 10.5. The molecule has 1 aromatic heterocycles. The molecule has 0 saturated heterocycles. The molecule has 0 aliphatic carbocycles. The summed E-state index contributed by atoms with van der Waals surface area (Å²) in [7, 11) is 0.